The lowest BCUT2D eigenvalue weighted by Gasteiger charge is -2.15. The van der Waals surface area contributed by atoms with Crippen LogP contribution < -0.4 is 9.64 Å². The first-order valence-corrected chi connectivity index (χ1v) is 11.0. The quantitative estimate of drug-likeness (QED) is 0.503. The van der Waals surface area contributed by atoms with Crippen LogP contribution in [0.1, 0.15) is 28.1 Å². The monoisotopic (exact) mass is 439 g/mol. The van der Waals surface area contributed by atoms with Crippen molar-refractivity contribution in [2.75, 3.05) is 32.2 Å². The van der Waals surface area contributed by atoms with E-state index < -0.39 is 6.10 Å². The molecule has 1 aliphatic heterocycles. The van der Waals surface area contributed by atoms with E-state index in [0.717, 1.165) is 42.3 Å². The number of carbonyl (C=O) groups is 1. The van der Waals surface area contributed by atoms with Crippen LogP contribution in [0, 0.1) is 5.92 Å². The van der Waals surface area contributed by atoms with Gasteiger partial charge in [0.2, 0.25) is 0 Å². The van der Waals surface area contributed by atoms with Crippen LogP contribution in [0.5, 0.6) is 5.75 Å². The first-order chi connectivity index (χ1) is 15.2. The number of hydrogen-bond acceptors (Lipinski definition) is 9. The van der Waals surface area contributed by atoms with Crippen molar-refractivity contribution in [1.29, 1.82) is 0 Å². The van der Waals surface area contributed by atoms with Gasteiger partial charge >= 0.3 is 0 Å². The van der Waals surface area contributed by atoms with E-state index in [9.17, 15) is 4.79 Å². The van der Waals surface area contributed by atoms with E-state index >= 15 is 0 Å². The summed E-state index contributed by atoms with van der Waals surface area (Å²) in [5.74, 6) is 2.05. The summed E-state index contributed by atoms with van der Waals surface area (Å²) in [6.07, 6.45) is 3.16. The standard InChI is InChI=1S/C22H25N5O3S/c1-29-17-6-3-5-16(12-17)22(30-2)18(28)13-21-26-25-20(31-21)11-15-8-10-27(14-15)19-7-4-9-23-24-19/h3-7,9,12,15,22H,8,10-11,13-14H2,1-2H3/t15-,22-/m0/s1. The van der Waals surface area contributed by atoms with Gasteiger partial charge in [0.05, 0.1) is 13.5 Å². The molecule has 4 rings (SSSR count). The molecule has 3 heterocycles. The molecule has 162 valence electrons. The molecule has 2 aromatic heterocycles. The summed E-state index contributed by atoms with van der Waals surface area (Å²) in [6, 6.07) is 11.3. The van der Waals surface area contributed by atoms with E-state index in [1.165, 1.54) is 18.4 Å². The zero-order valence-electron chi connectivity index (χ0n) is 17.6. The Balaban J connectivity index is 1.35. The van der Waals surface area contributed by atoms with Gasteiger partial charge in [-0.25, -0.2) is 0 Å². The summed E-state index contributed by atoms with van der Waals surface area (Å²) in [4.78, 5) is 15.1. The minimum atomic E-state index is -0.655. The molecule has 1 aromatic carbocycles. The van der Waals surface area contributed by atoms with Gasteiger partial charge in [-0.3, -0.25) is 4.79 Å². The van der Waals surface area contributed by atoms with Crippen LogP contribution in [0.15, 0.2) is 42.6 Å². The summed E-state index contributed by atoms with van der Waals surface area (Å²) >= 11 is 1.51. The van der Waals surface area contributed by atoms with Crippen LogP contribution in [0.4, 0.5) is 5.82 Å². The summed E-state index contributed by atoms with van der Waals surface area (Å²) in [5.41, 5.74) is 0.770. The Morgan fingerprint density at radius 3 is 2.84 bits per heavy atom. The van der Waals surface area contributed by atoms with Crippen LogP contribution in [-0.4, -0.2) is 53.5 Å². The fraction of sp³-hybridized carbons (Fsp3) is 0.409. The molecule has 1 aliphatic rings. The molecule has 2 atom stereocenters. The molecule has 0 saturated carbocycles. The molecular weight excluding hydrogens is 414 g/mol. The number of anilines is 1. The highest BCUT2D eigenvalue weighted by atomic mass is 32.1. The van der Waals surface area contributed by atoms with Crippen LogP contribution in [-0.2, 0) is 22.4 Å². The second kappa shape index (κ2) is 9.93. The maximum absolute atomic E-state index is 12.9. The molecule has 8 nitrogen and oxygen atoms in total. The van der Waals surface area contributed by atoms with Crippen LogP contribution >= 0.6 is 11.3 Å². The Hall–Kier alpha value is -2.91. The number of rotatable bonds is 9. The van der Waals surface area contributed by atoms with E-state index in [4.69, 9.17) is 9.47 Å². The molecule has 0 bridgehead atoms. The minimum Gasteiger partial charge on any atom is -0.497 e. The molecule has 3 aromatic rings. The summed E-state index contributed by atoms with van der Waals surface area (Å²) in [7, 11) is 3.14. The topological polar surface area (TPSA) is 90.3 Å². The Bertz CT molecular complexity index is 1010. The van der Waals surface area contributed by atoms with Crippen LogP contribution in [0.2, 0.25) is 0 Å². The molecule has 0 unspecified atom stereocenters. The highest BCUT2D eigenvalue weighted by Gasteiger charge is 2.26. The van der Waals surface area contributed by atoms with Crippen molar-refractivity contribution in [1.82, 2.24) is 20.4 Å². The van der Waals surface area contributed by atoms with Crippen molar-refractivity contribution in [2.45, 2.75) is 25.4 Å². The maximum Gasteiger partial charge on any atom is 0.172 e. The lowest BCUT2D eigenvalue weighted by molar-refractivity contribution is -0.128. The van der Waals surface area contributed by atoms with Crippen molar-refractivity contribution < 1.29 is 14.3 Å². The smallest absolute Gasteiger partial charge is 0.172 e. The van der Waals surface area contributed by atoms with Crippen LogP contribution in [0.3, 0.4) is 0 Å². The van der Waals surface area contributed by atoms with Crippen molar-refractivity contribution in [2.24, 2.45) is 5.92 Å². The maximum atomic E-state index is 12.9. The lowest BCUT2D eigenvalue weighted by atomic mass is 10.0. The molecule has 31 heavy (non-hydrogen) atoms. The fourth-order valence-corrected chi connectivity index (χ4v) is 4.83. The molecule has 0 amide bonds. The van der Waals surface area contributed by atoms with E-state index in [1.807, 2.05) is 36.4 Å². The number of ketones is 1. The average Bonchev–Trinajstić information content (AvgIpc) is 3.45. The highest BCUT2D eigenvalue weighted by molar-refractivity contribution is 7.11. The summed E-state index contributed by atoms with van der Waals surface area (Å²) < 4.78 is 10.7. The number of Topliss-reactive ketones (excluding diaryl/α,β-unsaturated/α-hetero) is 1. The average molecular weight is 440 g/mol. The van der Waals surface area contributed by atoms with Crippen molar-refractivity contribution in [3.05, 3.63) is 58.2 Å². The van der Waals surface area contributed by atoms with E-state index in [-0.39, 0.29) is 12.2 Å². The third kappa shape index (κ3) is 5.23. The summed E-state index contributed by atoms with van der Waals surface area (Å²) in [6.45, 7) is 1.89. The Kier molecular flexibility index (Phi) is 6.83. The minimum absolute atomic E-state index is 0.0480. The highest BCUT2D eigenvalue weighted by Crippen LogP contribution is 2.27. The predicted octanol–water partition coefficient (Wildman–Crippen LogP) is 2.91. The number of ether oxygens (including phenoxy) is 2. The van der Waals surface area contributed by atoms with E-state index in [2.05, 4.69) is 25.3 Å². The number of benzene rings is 1. The molecular formula is C22H25N5O3S. The van der Waals surface area contributed by atoms with Crippen molar-refractivity contribution in [3.63, 3.8) is 0 Å². The molecule has 1 fully saturated rings. The third-order valence-corrected chi connectivity index (χ3v) is 6.34. The Morgan fingerprint density at radius 1 is 1.19 bits per heavy atom. The van der Waals surface area contributed by atoms with Gasteiger partial charge in [0.25, 0.3) is 0 Å². The summed E-state index contributed by atoms with van der Waals surface area (Å²) in [5, 5.41) is 18.4. The van der Waals surface area contributed by atoms with Crippen LogP contribution in [0.25, 0.3) is 0 Å². The van der Waals surface area contributed by atoms with Gasteiger partial charge < -0.3 is 14.4 Å². The number of carbonyl (C=O) groups excluding carboxylic acids is 1. The largest absolute Gasteiger partial charge is 0.497 e. The van der Waals surface area contributed by atoms with Gasteiger partial charge in [0, 0.05) is 32.8 Å². The van der Waals surface area contributed by atoms with Crippen molar-refractivity contribution in [3.8, 4) is 5.75 Å². The van der Waals surface area contributed by atoms with Gasteiger partial charge in [0.1, 0.15) is 21.9 Å². The van der Waals surface area contributed by atoms with Gasteiger partial charge in [-0.1, -0.05) is 12.1 Å². The first-order valence-electron chi connectivity index (χ1n) is 10.2. The molecule has 0 radical (unpaired) electrons. The van der Waals surface area contributed by atoms with Gasteiger partial charge in [0.15, 0.2) is 11.6 Å². The first kappa shape index (κ1) is 21.3. The number of hydrogen-bond donors (Lipinski definition) is 0. The van der Waals surface area contributed by atoms with Gasteiger partial charge in [-0.15, -0.1) is 26.6 Å². The third-order valence-electron chi connectivity index (χ3n) is 5.39. The Morgan fingerprint density at radius 2 is 2.06 bits per heavy atom. The van der Waals surface area contributed by atoms with Gasteiger partial charge in [-0.2, -0.15) is 5.10 Å². The van der Waals surface area contributed by atoms with E-state index in [0.29, 0.717) is 16.7 Å². The predicted molar refractivity (Wildman–Crippen MR) is 117 cm³/mol. The lowest BCUT2D eigenvalue weighted by Crippen LogP contribution is -2.21. The SMILES string of the molecule is COc1cccc([C@H](OC)C(=O)Cc2nnc(C[C@@H]3CCN(c4cccnn4)C3)s2)c1. The zero-order valence-corrected chi connectivity index (χ0v) is 18.4. The van der Waals surface area contributed by atoms with Gasteiger partial charge in [-0.05, 0) is 42.2 Å². The molecule has 0 N–H and O–H groups in total. The molecule has 9 heteroatoms. The second-order valence-electron chi connectivity index (χ2n) is 7.51. The number of methoxy groups -OCH3 is 2. The Labute approximate surface area is 185 Å². The number of nitrogens with zero attached hydrogens (tertiary/aromatic N) is 5. The zero-order chi connectivity index (χ0) is 21.6. The normalized spacial score (nSPS) is 17.0. The fourth-order valence-electron chi connectivity index (χ4n) is 3.86. The second-order valence-corrected chi connectivity index (χ2v) is 8.66. The van der Waals surface area contributed by atoms with E-state index in [1.54, 1.807) is 13.3 Å². The number of aromatic nitrogens is 4. The molecule has 0 spiro atoms. The molecule has 0 aliphatic carbocycles. The molecule has 1 saturated heterocycles. The van der Waals surface area contributed by atoms with Crippen molar-refractivity contribution >= 4 is 22.9 Å².